The highest BCUT2D eigenvalue weighted by Gasteiger charge is 2.39. The van der Waals surface area contributed by atoms with Crippen molar-refractivity contribution in [2.75, 3.05) is 11.9 Å². The fourth-order valence-electron chi connectivity index (χ4n) is 3.79. The molecule has 2 heterocycles. The van der Waals surface area contributed by atoms with E-state index >= 15 is 0 Å². The second kappa shape index (κ2) is 5.60. The Morgan fingerprint density at radius 1 is 1.22 bits per heavy atom. The third-order valence-corrected chi connectivity index (χ3v) is 4.82. The molecule has 4 nitrogen and oxygen atoms in total. The molecule has 2 aromatic rings. The molecule has 3 atom stereocenters. The van der Waals surface area contributed by atoms with Crippen LogP contribution in [0.15, 0.2) is 42.5 Å². The van der Waals surface area contributed by atoms with E-state index < -0.39 is 0 Å². The summed E-state index contributed by atoms with van der Waals surface area (Å²) >= 11 is 0. The molecule has 0 bridgehead atoms. The molecular weight excluding hydrogens is 288 g/mol. The number of rotatable bonds is 1. The number of fused-ring (bicyclic) bond motifs is 3. The molecule has 2 N–H and O–H groups in total. The van der Waals surface area contributed by atoms with E-state index in [1.165, 1.54) is 0 Å². The lowest BCUT2D eigenvalue weighted by atomic mass is 9.77. The summed E-state index contributed by atoms with van der Waals surface area (Å²) < 4.78 is 6.08. The minimum atomic E-state index is 0.000601. The van der Waals surface area contributed by atoms with Crippen LogP contribution in [0.5, 0.6) is 5.75 Å². The highest BCUT2D eigenvalue weighted by molar-refractivity contribution is 5.59. The average Bonchev–Trinajstić information content (AvgIpc) is 2.60. The minimum absolute atomic E-state index is 0.000601. The summed E-state index contributed by atoms with van der Waals surface area (Å²) in [6.07, 6.45) is 2.10. The molecule has 0 spiro atoms. The number of benzene rings is 2. The Bertz CT molecular complexity index is 781. The first-order valence-corrected chi connectivity index (χ1v) is 7.97. The van der Waals surface area contributed by atoms with Gasteiger partial charge in [-0.25, -0.2) is 0 Å². The first-order valence-electron chi connectivity index (χ1n) is 7.97. The summed E-state index contributed by atoms with van der Waals surface area (Å²) in [6, 6.07) is 15.4. The van der Waals surface area contributed by atoms with Gasteiger partial charge >= 0.3 is 0 Å². The fraction of sp³-hybridized carbons (Fsp3) is 0.316. The highest BCUT2D eigenvalue weighted by atomic mass is 16.5. The molecule has 0 amide bonds. The summed E-state index contributed by atoms with van der Waals surface area (Å²) in [5.41, 5.74) is 3.82. The lowest BCUT2D eigenvalue weighted by molar-refractivity contribution is -0.0381. The number of hydrogen-bond acceptors (Lipinski definition) is 4. The number of anilines is 1. The lowest BCUT2D eigenvalue weighted by Gasteiger charge is -2.43. The predicted molar refractivity (Wildman–Crippen MR) is 87.0 cm³/mol. The highest BCUT2D eigenvalue weighted by Crippen LogP contribution is 2.49. The van der Waals surface area contributed by atoms with Gasteiger partial charge in [0, 0.05) is 23.8 Å². The molecule has 0 aliphatic carbocycles. The Labute approximate surface area is 135 Å². The molecule has 4 rings (SSSR count). The van der Waals surface area contributed by atoms with Gasteiger partial charge in [0.2, 0.25) is 0 Å². The summed E-state index contributed by atoms with van der Waals surface area (Å²) in [7, 11) is 0. The quantitative estimate of drug-likeness (QED) is 0.838. The predicted octanol–water partition coefficient (Wildman–Crippen LogP) is 3.90. The number of hydrogen-bond donors (Lipinski definition) is 2. The molecule has 116 valence electrons. The minimum Gasteiger partial charge on any atom is -0.508 e. The molecule has 1 fully saturated rings. The van der Waals surface area contributed by atoms with Crippen molar-refractivity contribution in [1.29, 1.82) is 5.26 Å². The van der Waals surface area contributed by atoms with Gasteiger partial charge in [-0.1, -0.05) is 12.1 Å². The molecule has 0 radical (unpaired) electrons. The van der Waals surface area contributed by atoms with Crippen molar-refractivity contribution < 1.29 is 9.84 Å². The summed E-state index contributed by atoms with van der Waals surface area (Å²) in [6.45, 7) is 0.754. The van der Waals surface area contributed by atoms with E-state index in [1.54, 1.807) is 6.07 Å². The monoisotopic (exact) mass is 306 g/mol. The van der Waals surface area contributed by atoms with Gasteiger partial charge in [-0.2, -0.15) is 5.26 Å². The molecule has 0 unspecified atom stereocenters. The van der Waals surface area contributed by atoms with E-state index in [4.69, 9.17) is 10.00 Å². The second-order valence-electron chi connectivity index (χ2n) is 6.23. The molecule has 1 saturated heterocycles. The second-order valence-corrected chi connectivity index (χ2v) is 6.23. The van der Waals surface area contributed by atoms with Crippen LogP contribution in [-0.2, 0) is 4.74 Å². The third-order valence-electron chi connectivity index (χ3n) is 4.82. The van der Waals surface area contributed by atoms with Crippen LogP contribution < -0.4 is 5.32 Å². The smallest absolute Gasteiger partial charge is 0.115 e. The van der Waals surface area contributed by atoms with E-state index in [9.17, 15) is 5.11 Å². The Morgan fingerprint density at radius 2 is 2.13 bits per heavy atom. The van der Waals surface area contributed by atoms with Gasteiger partial charge < -0.3 is 15.2 Å². The van der Waals surface area contributed by atoms with Gasteiger partial charge in [-0.3, -0.25) is 0 Å². The number of phenolic OH excluding ortho intramolecular Hbond substituents is 1. The number of nitrogens with zero attached hydrogens (tertiary/aromatic N) is 1. The van der Waals surface area contributed by atoms with Gasteiger partial charge in [0.1, 0.15) is 5.75 Å². The van der Waals surface area contributed by atoms with Crippen LogP contribution in [0.4, 0.5) is 5.69 Å². The van der Waals surface area contributed by atoms with Gasteiger partial charge in [-0.05, 0) is 48.7 Å². The maximum Gasteiger partial charge on any atom is 0.115 e. The van der Waals surface area contributed by atoms with Gasteiger partial charge in [0.15, 0.2) is 0 Å². The van der Waals surface area contributed by atoms with Crippen LogP contribution >= 0.6 is 0 Å². The van der Waals surface area contributed by atoms with E-state index in [0.29, 0.717) is 11.5 Å². The Morgan fingerprint density at radius 3 is 2.96 bits per heavy atom. The van der Waals surface area contributed by atoms with Gasteiger partial charge in [-0.15, -0.1) is 0 Å². The van der Waals surface area contributed by atoms with Gasteiger partial charge in [0.05, 0.1) is 23.8 Å². The summed E-state index contributed by atoms with van der Waals surface area (Å²) in [5.74, 6) is 0.579. The van der Waals surface area contributed by atoms with Crippen LogP contribution in [0.1, 0.15) is 41.7 Å². The van der Waals surface area contributed by atoms with Crippen molar-refractivity contribution in [1.82, 2.24) is 0 Å². The largest absolute Gasteiger partial charge is 0.508 e. The molecule has 2 aromatic carbocycles. The lowest BCUT2D eigenvalue weighted by Crippen LogP contribution is -2.36. The molecule has 4 heteroatoms. The molecule has 2 aliphatic rings. The standard InChI is InChI=1S/C19H18N2O2/c20-11-12-6-7-17-16(9-12)19-15(5-2-8-23-19)18(21-17)13-3-1-4-14(22)10-13/h1,3-4,6-7,9-10,15,18-19,21-22H,2,5,8H2/t15-,18-,19+/m1/s1. The Balaban J connectivity index is 1.79. The Hall–Kier alpha value is -2.51. The maximum absolute atomic E-state index is 9.81. The van der Waals surface area contributed by atoms with Crippen molar-refractivity contribution in [2.24, 2.45) is 5.92 Å². The number of phenols is 1. The molecule has 2 aliphatic heterocycles. The zero-order valence-electron chi connectivity index (χ0n) is 12.7. The fourth-order valence-corrected chi connectivity index (χ4v) is 3.79. The normalized spacial score (nSPS) is 25.6. The summed E-state index contributed by atoms with van der Waals surface area (Å²) in [4.78, 5) is 0. The zero-order valence-corrected chi connectivity index (χ0v) is 12.7. The van der Waals surface area contributed by atoms with Crippen molar-refractivity contribution in [3.05, 3.63) is 59.2 Å². The number of nitriles is 1. The molecule has 0 saturated carbocycles. The van der Waals surface area contributed by atoms with Crippen LogP contribution in [0.2, 0.25) is 0 Å². The van der Waals surface area contributed by atoms with E-state index in [0.717, 1.165) is 36.3 Å². The van der Waals surface area contributed by atoms with Crippen molar-refractivity contribution in [3.8, 4) is 11.8 Å². The third kappa shape index (κ3) is 2.43. The topological polar surface area (TPSA) is 65.3 Å². The molecule has 0 aromatic heterocycles. The van der Waals surface area contributed by atoms with Crippen molar-refractivity contribution in [2.45, 2.75) is 25.0 Å². The van der Waals surface area contributed by atoms with Crippen LogP contribution in [0.3, 0.4) is 0 Å². The molecule has 23 heavy (non-hydrogen) atoms. The van der Waals surface area contributed by atoms with Crippen molar-refractivity contribution in [3.63, 3.8) is 0 Å². The average molecular weight is 306 g/mol. The van der Waals surface area contributed by atoms with E-state index in [1.807, 2.05) is 36.4 Å². The maximum atomic E-state index is 9.81. The first-order chi connectivity index (χ1) is 11.3. The SMILES string of the molecule is N#Cc1ccc2c(c1)[C@H]1OCCC[C@@H]1[C@@H](c1cccc(O)c1)N2. The van der Waals surface area contributed by atoms with Crippen LogP contribution in [0.25, 0.3) is 0 Å². The zero-order chi connectivity index (χ0) is 15.8. The first kappa shape index (κ1) is 14.1. The van der Waals surface area contributed by atoms with Crippen LogP contribution in [-0.4, -0.2) is 11.7 Å². The van der Waals surface area contributed by atoms with Gasteiger partial charge in [0.25, 0.3) is 0 Å². The number of aromatic hydroxyl groups is 1. The van der Waals surface area contributed by atoms with Crippen molar-refractivity contribution >= 4 is 5.69 Å². The molecular formula is C19H18N2O2. The number of ether oxygens (including phenoxy) is 1. The van der Waals surface area contributed by atoms with Crippen LogP contribution in [0, 0.1) is 17.2 Å². The number of nitrogens with one attached hydrogen (secondary N) is 1. The summed E-state index contributed by atoms with van der Waals surface area (Å²) in [5, 5.41) is 22.6. The van der Waals surface area contributed by atoms with E-state index in [2.05, 4.69) is 11.4 Å². The van der Waals surface area contributed by atoms with E-state index in [-0.39, 0.29) is 17.9 Å². The Kier molecular flexibility index (Phi) is 3.44.